The third kappa shape index (κ3) is 4.98. The van der Waals surface area contributed by atoms with Crippen LogP contribution in [0.25, 0.3) is 0 Å². The van der Waals surface area contributed by atoms with Crippen LogP contribution in [0.2, 0.25) is 0 Å². The summed E-state index contributed by atoms with van der Waals surface area (Å²) < 4.78 is 0. The molecule has 0 aromatic carbocycles. The second-order valence-corrected chi connectivity index (χ2v) is 4.95. The molecule has 1 saturated carbocycles. The van der Waals surface area contributed by atoms with Gasteiger partial charge in [-0.05, 0) is 38.5 Å². The van der Waals surface area contributed by atoms with E-state index in [0.29, 0.717) is 12.1 Å². The lowest BCUT2D eigenvalue weighted by atomic mass is 9.92. The highest BCUT2D eigenvalue weighted by Crippen LogP contribution is 2.20. The lowest BCUT2D eigenvalue weighted by Gasteiger charge is -2.30. The fourth-order valence-corrected chi connectivity index (χ4v) is 2.58. The first kappa shape index (κ1) is 13.0. The summed E-state index contributed by atoms with van der Waals surface area (Å²) in [5.74, 6) is 0. The molecule has 1 fully saturated rings. The van der Waals surface area contributed by atoms with Crippen LogP contribution in [-0.2, 0) is 0 Å². The number of hydrogen-bond acceptors (Lipinski definition) is 2. The van der Waals surface area contributed by atoms with Crippen molar-refractivity contribution in [1.82, 2.24) is 5.32 Å². The molecule has 0 atom stereocenters. The van der Waals surface area contributed by atoms with Crippen LogP contribution < -0.4 is 5.32 Å². The van der Waals surface area contributed by atoms with E-state index in [1.807, 2.05) is 0 Å². The molecular weight excluding hydrogens is 186 g/mol. The molecule has 0 unspecified atom stereocenters. The molecule has 0 bridgehead atoms. The van der Waals surface area contributed by atoms with Gasteiger partial charge in [0, 0.05) is 12.1 Å². The Morgan fingerprint density at radius 2 is 1.60 bits per heavy atom. The lowest BCUT2D eigenvalue weighted by molar-refractivity contribution is 0.113. The van der Waals surface area contributed by atoms with Gasteiger partial charge in [0.25, 0.3) is 0 Å². The highest BCUT2D eigenvalue weighted by molar-refractivity contribution is 4.80. The van der Waals surface area contributed by atoms with E-state index in [-0.39, 0.29) is 6.10 Å². The first-order valence-corrected chi connectivity index (χ1v) is 6.70. The van der Waals surface area contributed by atoms with E-state index in [9.17, 15) is 5.11 Å². The maximum absolute atomic E-state index is 9.44. The number of aliphatic hydroxyl groups is 1. The van der Waals surface area contributed by atoms with Gasteiger partial charge in [-0.2, -0.15) is 0 Å². The summed E-state index contributed by atoms with van der Waals surface area (Å²) in [7, 11) is 0. The molecule has 1 rings (SSSR count). The molecule has 0 spiro atoms. The van der Waals surface area contributed by atoms with Gasteiger partial charge in [0.05, 0.1) is 6.10 Å². The molecule has 2 nitrogen and oxygen atoms in total. The molecular formula is C13H27NO. The van der Waals surface area contributed by atoms with Gasteiger partial charge in [-0.15, -0.1) is 0 Å². The van der Waals surface area contributed by atoms with Crippen LogP contribution in [0.4, 0.5) is 0 Å². The van der Waals surface area contributed by atoms with Gasteiger partial charge in [-0.1, -0.05) is 26.7 Å². The highest BCUT2D eigenvalue weighted by Gasteiger charge is 2.21. The average molecular weight is 213 g/mol. The second-order valence-electron chi connectivity index (χ2n) is 4.95. The van der Waals surface area contributed by atoms with Crippen molar-refractivity contribution in [3.63, 3.8) is 0 Å². The number of aliphatic hydroxyl groups excluding tert-OH is 1. The van der Waals surface area contributed by atoms with Gasteiger partial charge < -0.3 is 10.4 Å². The van der Waals surface area contributed by atoms with Crippen LogP contribution in [0.15, 0.2) is 0 Å². The Morgan fingerprint density at radius 1 is 1.07 bits per heavy atom. The maximum atomic E-state index is 9.44. The second kappa shape index (κ2) is 7.24. The number of nitrogens with one attached hydrogen (secondary N) is 1. The van der Waals surface area contributed by atoms with Crippen molar-refractivity contribution < 1.29 is 5.11 Å². The fraction of sp³-hybridized carbons (Fsp3) is 1.00. The Bertz CT molecular complexity index is 147. The predicted molar refractivity (Wildman–Crippen MR) is 65.0 cm³/mol. The third-order valence-corrected chi connectivity index (χ3v) is 3.44. The first-order chi connectivity index (χ1) is 7.26. The van der Waals surface area contributed by atoms with E-state index in [4.69, 9.17) is 0 Å². The Labute approximate surface area is 94.5 Å². The SMILES string of the molecule is CCCC(CCC)NC1CCC(O)CC1. The average Bonchev–Trinajstić information content (AvgIpc) is 2.22. The van der Waals surface area contributed by atoms with E-state index < -0.39 is 0 Å². The minimum absolute atomic E-state index is 0.0288. The molecule has 2 heteroatoms. The van der Waals surface area contributed by atoms with Gasteiger partial charge in [-0.3, -0.25) is 0 Å². The molecule has 1 aliphatic carbocycles. The summed E-state index contributed by atoms with van der Waals surface area (Å²) in [6, 6.07) is 1.37. The zero-order chi connectivity index (χ0) is 11.1. The molecule has 15 heavy (non-hydrogen) atoms. The van der Waals surface area contributed by atoms with Crippen molar-refractivity contribution in [2.45, 2.75) is 83.4 Å². The van der Waals surface area contributed by atoms with Crippen LogP contribution in [0.3, 0.4) is 0 Å². The normalized spacial score (nSPS) is 27.2. The molecule has 0 heterocycles. The molecule has 2 N–H and O–H groups in total. The minimum Gasteiger partial charge on any atom is -0.393 e. The van der Waals surface area contributed by atoms with E-state index in [0.717, 1.165) is 25.7 Å². The van der Waals surface area contributed by atoms with Crippen molar-refractivity contribution in [3.05, 3.63) is 0 Å². The molecule has 90 valence electrons. The topological polar surface area (TPSA) is 32.3 Å². The van der Waals surface area contributed by atoms with Gasteiger partial charge in [0.1, 0.15) is 0 Å². The zero-order valence-electron chi connectivity index (χ0n) is 10.3. The Hall–Kier alpha value is -0.0800. The summed E-state index contributed by atoms with van der Waals surface area (Å²) in [6.07, 6.45) is 9.40. The minimum atomic E-state index is -0.0288. The quantitative estimate of drug-likeness (QED) is 0.711. The Morgan fingerprint density at radius 3 is 2.07 bits per heavy atom. The van der Waals surface area contributed by atoms with E-state index in [2.05, 4.69) is 19.2 Å². The summed E-state index contributed by atoms with van der Waals surface area (Å²) in [6.45, 7) is 4.52. The fourth-order valence-electron chi connectivity index (χ4n) is 2.58. The monoisotopic (exact) mass is 213 g/mol. The van der Waals surface area contributed by atoms with Crippen molar-refractivity contribution in [2.75, 3.05) is 0 Å². The molecule has 0 aromatic heterocycles. The first-order valence-electron chi connectivity index (χ1n) is 6.70. The van der Waals surface area contributed by atoms with Gasteiger partial charge >= 0.3 is 0 Å². The van der Waals surface area contributed by atoms with Crippen LogP contribution in [-0.4, -0.2) is 23.3 Å². The van der Waals surface area contributed by atoms with Crippen molar-refractivity contribution in [3.8, 4) is 0 Å². The Balaban J connectivity index is 2.24. The highest BCUT2D eigenvalue weighted by atomic mass is 16.3. The molecule has 1 aliphatic rings. The molecule has 0 saturated heterocycles. The predicted octanol–water partition coefficient (Wildman–Crippen LogP) is 2.85. The Kier molecular flexibility index (Phi) is 6.26. The van der Waals surface area contributed by atoms with Crippen LogP contribution in [0, 0.1) is 0 Å². The molecule has 0 aromatic rings. The van der Waals surface area contributed by atoms with Crippen LogP contribution in [0.1, 0.15) is 65.2 Å². The molecule has 0 amide bonds. The third-order valence-electron chi connectivity index (χ3n) is 3.44. The summed E-state index contributed by atoms with van der Waals surface area (Å²) in [5, 5.41) is 13.2. The smallest absolute Gasteiger partial charge is 0.0541 e. The van der Waals surface area contributed by atoms with E-state index in [1.54, 1.807) is 0 Å². The van der Waals surface area contributed by atoms with Crippen LogP contribution in [0.5, 0.6) is 0 Å². The van der Waals surface area contributed by atoms with Crippen molar-refractivity contribution in [1.29, 1.82) is 0 Å². The maximum Gasteiger partial charge on any atom is 0.0541 e. The summed E-state index contributed by atoms with van der Waals surface area (Å²) in [5.41, 5.74) is 0. The standard InChI is InChI=1S/C13H27NO/c1-3-5-11(6-4-2)14-12-7-9-13(15)10-8-12/h11-15H,3-10H2,1-2H3. The van der Waals surface area contributed by atoms with Crippen molar-refractivity contribution in [2.24, 2.45) is 0 Å². The number of rotatable bonds is 6. The van der Waals surface area contributed by atoms with Crippen molar-refractivity contribution >= 4 is 0 Å². The van der Waals surface area contributed by atoms with Crippen LogP contribution >= 0.6 is 0 Å². The van der Waals surface area contributed by atoms with E-state index >= 15 is 0 Å². The molecule has 0 radical (unpaired) electrons. The van der Waals surface area contributed by atoms with Gasteiger partial charge in [0.2, 0.25) is 0 Å². The summed E-state index contributed by atoms with van der Waals surface area (Å²) >= 11 is 0. The van der Waals surface area contributed by atoms with E-state index in [1.165, 1.54) is 25.7 Å². The summed E-state index contributed by atoms with van der Waals surface area (Å²) in [4.78, 5) is 0. The largest absolute Gasteiger partial charge is 0.393 e. The lowest BCUT2D eigenvalue weighted by Crippen LogP contribution is -2.41. The number of hydrogen-bond donors (Lipinski definition) is 2. The zero-order valence-corrected chi connectivity index (χ0v) is 10.3. The molecule has 0 aliphatic heterocycles. The van der Waals surface area contributed by atoms with Gasteiger partial charge in [0.15, 0.2) is 0 Å². The van der Waals surface area contributed by atoms with Gasteiger partial charge in [-0.25, -0.2) is 0 Å².